The van der Waals surface area contributed by atoms with Crippen LogP contribution < -0.4 is 10.8 Å². The molecule has 0 saturated carbocycles. The number of nitrogens with one attached hydrogen (secondary N) is 2. The van der Waals surface area contributed by atoms with Gasteiger partial charge in [-0.05, 0) is 72.7 Å². The molecule has 2 aliphatic heterocycles. The fraction of sp³-hybridized carbons (Fsp3) is 0.459. The Morgan fingerprint density at radius 1 is 0.783 bits per heavy atom. The van der Waals surface area contributed by atoms with E-state index in [1.54, 1.807) is 5.48 Å². The van der Waals surface area contributed by atoms with Crippen molar-refractivity contribution >= 4 is 11.8 Å². The zero-order valence-electron chi connectivity index (χ0n) is 26.5. The lowest BCUT2D eigenvalue weighted by Gasteiger charge is -2.39. The summed E-state index contributed by atoms with van der Waals surface area (Å²) < 4.78 is 13.1. The van der Waals surface area contributed by atoms with Crippen LogP contribution in [0.25, 0.3) is 11.1 Å². The topological polar surface area (TPSA) is 120 Å². The largest absolute Gasteiger partial charge is 0.392 e. The molecule has 0 spiro atoms. The summed E-state index contributed by atoms with van der Waals surface area (Å²) in [5.41, 5.74) is 7.74. The van der Waals surface area contributed by atoms with Crippen LogP contribution in [0.1, 0.15) is 92.4 Å². The Kier molecular flexibility index (Phi) is 12.7. The SMILES string of the molecule is O=C(CCCCCC(=O)NCc1cccc(-c2ccc([C@@H]3O[C@H](CN4CCCCC4)C[C@H](c4ccc(CO)cc4)O3)cc2)c1)NO. The van der Waals surface area contributed by atoms with Crippen molar-refractivity contribution in [3.8, 4) is 11.1 Å². The molecule has 2 heterocycles. The van der Waals surface area contributed by atoms with Gasteiger partial charge in [0.1, 0.15) is 0 Å². The van der Waals surface area contributed by atoms with E-state index in [0.29, 0.717) is 25.8 Å². The number of amides is 2. The van der Waals surface area contributed by atoms with Crippen LogP contribution in [0.5, 0.6) is 0 Å². The third kappa shape index (κ3) is 9.95. The van der Waals surface area contributed by atoms with Crippen molar-refractivity contribution in [1.29, 1.82) is 0 Å². The van der Waals surface area contributed by atoms with Crippen LogP contribution in [0.4, 0.5) is 0 Å². The summed E-state index contributed by atoms with van der Waals surface area (Å²) in [6, 6.07) is 24.5. The minimum Gasteiger partial charge on any atom is -0.392 e. The van der Waals surface area contributed by atoms with Gasteiger partial charge in [0.2, 0.25) is 11.8 Å². The van der Waals surface area contributed by atoms with Gasteiger partial charge in [0.15, 0.2) is 6.29 Å². The van der Waals surface area contributed by atoms with Gasteiger partial charge in [-0.1, -0.05) is 79.6 Å². The molecule has 3 atom stereocenters. The van der Waals surface area contributed by atoms with Gasteiger partial charge in [-0.2, -0.15) is 0 Å². The number of unbranched alkanes of at least 4 members (excludes halogenated alkanes) is 2. The van der Waals surface area contributed by atoms with Crippen molar-refractivity contribution in [3.63, 3.8) is 0 Å². The molecule has 3 aromatic rings. The maximum Gasteiger partial charge on any atom is 0.243 e. The minimum atomic E-state index is -0.478. The molecule has 2 aliphatic rings. The van der Waals surface area contributed by atoms with Crippen molar-refractivity contribution < 1.29 is 29.4 Å². The summed E-state index contributed by atoms with van der Waals surface area (Å²) in [5, 5.41) is 21.0. The smallest absolute Gasteiger partial charge is 0.243 e. The van der Waals surface area contributed by atoms with Gasteiger partial charge in [-0.25, -0.2) is 5.48 Å². The number of hydrogen-bond donors (Lipinski definition) is 4. The lowest BCUT2D eigenvalue weighted by Crippen LogP contribution is -2.41. The highest BCUT2D eigenvalue weighted by atomic mass is 16.7. The van der Waals surface area contributed by atoms with E-state index in [0.717, 1.165) is 65.9 Å². The predicted molar refractivity (Wildman–Crippen MR) is 175 cm³/mol. The highest BCUT2D eigenvalue weighted by Gasteiger charge is 2.33. The third-order valence-electron chi connectivity index (χ3n) is 8.89. The van der Waals surface area contributed by atoms with Gasteiger partial charge in [-0.15, -0.1) is 0 Å². The van der Waals surface area contributed by atoms with Crippen molar-refractivity contribution in [3.05, 3.63) is 95.1 Å². The molecule has 2 saturated heterocycles. The summed E-state index contributed by atoms with van der Waals surface area (Å²) in [4.78, 5) is 25.9. The summed E-state index contributed by atoms with van der Waals surface area (Å²) in [6.07, 6.45) is 6.79. The summed E-state index contributed by atoms with van der Waals surface area (Å²) >= 11 is 0. The second kappa shape index (κ2) is 17.4. The number of piperidine rings is 1. The number of likely N-dealkylation sites (tertiary alicyclic amines) is 1. The van der Waals surface area contributed by atoms with Gasteiger partial charge in [0, 0.05) is 37.9 Å². The Bertz CT molecular complexity index is 1390. The summed E-state index contributed by atoms with van der Waals surface area (Å²) in [5.74, 6) is -0.420. The van der Waals surface area contributed by atoms with Gasteiger partial charge in [0.05, 0.1) is 18.8 Å². The molecular formula is C37H47N3O6. The van der Waals surface area contributed by atoms with Crippen LogP contribution in [-0.4, -0.2) is 52.8 Å². The number of hydroxylamine groups is 1. The predicted octanol–water partition coefficient (Wildman–Crippen LogP) is 5.95. The summed E-state index contributed by atoms with van der Waals surface area (Å²) in [7, 11) is 0. The average molecular weight is 630 g/mol. The molecule has 0 bridgehead atoms. The van der Waals surface area contributed by atoms with Crippen LogP contribution in [0.2, 0.25) is 0 Å². The maximum atomic E-state index is 12.3. The maximum absolute atomic E-state index is 12.3. The second-order valence-electron chi connectivity index (χ2n) is 12.4. The Morgan fingerprint density at radius 3 is 2.22 bits per heavy atom. The minimum absolute atomic E-state index is 0.0184. The normalized spacial score (nSPS) is 20.3. The van der Waals surface area contributed by atoms with E-state index in [4.69, 9.17) is 14.7 Å². The fourth-order valence-electron chi connectivity index (χ4n) is 6.25. The highest BCUT2D eigenvalue weighted by Crippen LogP contribution is 2.39. The molecule has 9 nitrogen and oxygen atoms in total. The first kappa shape index (κ1) is 33.8. The van der Waals surface area contributed by atoms with E-state index in [2.05, 4.69) is 58.7 Å². The fourth-order valence-corrected chi connectivity index (χ4v) is 6.25. The molecule has 2 amide bonds. The number of hydrogen-bond acceptors (Lipinski definition) is 7. The molecule has 0 radical (unpaired) electrons. The van der Waals surface area contributed by atoms with Gasteiger partial charge >= 0.3 is 0 Å². The highest BCUT2D eigenvalue weighted by molar-refractivity contribution is 5.76. The van der Waals surface area contributed by atoms with Crippen LogP contribution in [0.15, 0.2) is 72.8 Å². The molecule has 4 N–H and O–H groups in total. The Hall–Kier alpha value is -3.60. The first-order valence-corrected chi connectivity index (χ1v) is 16.6. The van der Waals surface area contributed by atoms with Crippen molar-refractivity contribution in [2.24, 2.45) is 0 Å². The van der Waals surface area contributed by atoms with Gasteiger partial charge in [-0.3, -0.25) is 14.8 Å². The monoisotopic (exact) mass is 629 g/mol. The van der Waals surface area contributed by atoms with E-state index in [-0.39, 0.29) is 31.1 Å². The quantitative estimate of drug-likeness (QED) is 0.0989. The summed E-state index contributed by atoms with van der Waals surface area (Å²) in [6.45, 7) is 3.60. The molecule has 3 aromatic carbocycles. The van der Waals surface area contributed by atoms with Crippen molar-refractivity contribution in [1.82, 2.24) is 15.7 Å². The second-order valence-corrected chi connectivity index (χ2v) is 12.4. The first-order valence-electron chi connectivity index (χ1n) is 16.6. The van der Waals surface area contributed by atoms with E-state index in [1.165, 1.54) is 19.3 Å². The zero-order chi connectivity index (χ0) is 32.1. The lowest BCUT2D eigenvalue weighted by molar-refractivity contribution is -0.253. The number of aliphatic hydroxyl groups is 1. The zero-order valence-corrected chi connectivity index (χ0v) is 26.5. The Labute approximate surface area is 271 Å². The van der Waals surface area contributed by atoms with Crippen molar-refractivity contribution in [2.45, 2.75) is 89.4 Å². The van der Waals surface area contributed by atoms with Crippen molar-refractivity contribution in [2.75, 3.05) is 19.6 Å². The molecule has 2 fully saturated rings. The molecule has 9 heteroatoms. The molecule has 0 aliphatic carbocycles. The third-order valence-corrected chi connectivity index (χ3v) is 8.89. The number of carbonyl (C=O) groups is 2. The number of ether oxygens (including phenoxy) is 2. The van der Waals surface area contributed by atoms with Crippen LogP contribution in [0.3, 0.4) is 0 Å². The van der Waals surface area contributed by atoms with Crippen LogP contribution in [-0.2, 0) is 32.2 Å². The van der Waals surface area contributed by atoms with E-state index >= 15 is 0 Å². The van der Waals surface area contributed by atoms with E-state index in [1.807, 2.05) is 24.3 Å². The van der Waals surface area contributed by atoms with E-state index in [9.17, 15) is 14.7 Å². The molecule has 46 heavy (non-hydrogen) atoms. The Morgan fingerprint density at radius 2 is 1.50 bits per heavy atom. The Balaban J connectivity index is 1.19. The number of aliphatic hydroxyl groups excluding tert-OH is 1. The lowest BCUT2D eigenvalue weighted by atomic mass is 9.98. The molecule has 246 valence electrons. The number of nitrogens with zero attached hydrogens (tertiary/aromatic N) is 1. The van der Waals surface area contributed by atoms with Crippen LogP contribution >= 0.6 is 0 Å². The number of carbonyl (C=O) groups excluding carboxylic acids is 2. The van der Waals surface area contributed by atoms with Gasteiger partial charge in [0.25, 0.3) is 0 Å². The standard InChI is InChI=1S/C37H47N3O6/c41-26-27-12-14-30(15-13-27)34-23-33(25-40-20-5-2-6-21-40)45-37(46-34)31-18-16-29(17-19-31)32-9-7-8-28(22-32)24-38-35(42)10-3-1-4-11-36(43)39-44/h7-9,12-19,22,33-34,37,41,44H,1-6,10-11,20-21,23-26H2,(H,38,42)(H,39,43)/t33-,34+,37+/m0/s1. The first-order chi connectivity index (χ1) is 22.5. The average Bonchev–Trinajstić information content (AvgIpc) is 3.11. The number of benzene rings is 3. The van der Waals surface area contributed by atoms with Gasteiger partial charge < -0.3 is 24.8 Å². The number of rotatable bonds is 14. The van der Waals surface area contributed by atoms with E-state index < -0.39 is 12.2 Å². The molecular weight excluding hydrogens is 582 g/mol. The molecule has 5 rings (SSSR count). The molecule has 0 aromatic heterocycles. The molecule has 0 unspecified atom stereocenters. The van der Waals surface area contributed by atoms with Crippen LogP contribution in [0, 0.1) is 0 Å².